The van der Waals surface area contributed by atoms with Crippen molar-refractivity contribution in [3.8, 4) is 22.3 Å². The quantitative estimate of drug-likeness (QED) is 0.114. The summed E-state index contributed by atoms with van der Waals surface area (Å²) in [7, 11) is 1.90. The van der Waals surface area contributed by atoms with E-state index >= 15 is 0 Å². The largest absolute Gasteiger partial charge is 0.292 e. The van der Waals surface area contributed by atoms with Gasteiger partial charge in [-0.3, -0.25) is 9.98 Å². The molecule has 0 aliphatic heterocycles. The van der Waals surface area contributed by atoms with E-state index in [-0.39, 0.29) is 0 Å². The number of rotatable bonds is 9. The summed E-state index contributed by atoms with van der Waals surface area (Å²) in [6.45, 7) is 2.07. The van der Waals surface area contributed by atoms with Crippen LogP contribution in [0.25, 0.3) is 56.8 Å². The predicted molar refractivity (Wildman–Crippen MR) is 216 cm³/mol. The summed E-state index contributed by atoms with van der Waals surface area (Å²) in [6, 6.07) is 41.5. The van der Waals surface area contributed by atoms with E-state index in [0.717, 1.165) is 34.4 Å². The van der Waals surface area contributed by atoms with Crippen molar-refractivity contribution in [2.24, 2.45) is 4.99 Å². The summed E-state index contributed by atoms with van der Waals surface area (Å²) >= 11 is 0. The second kappa shape index (κ2) is 15.4. The Morgan fingerprint density at radius 3 is 2.30 bits per heavy atom. The summed E-state index contributed by atoms with van der Waals surface area (Å²) < 4.78 is 0. The van der Waals surface area contributed by atoms with E-state index in [1.165, 1.54) is 49.7 Å². The van der Waals surface area contributed by atoms with Crippen LogP contribution in [0.3, 0.4) is 0 Å². The first kappa shape index (κ1) is 32.4. The SMILES string of the molecule is C\C=C/C(=C\C=C\c1cccnc1)c1cc(CC(=NC)c2ccc(-c3ccccc3)cc2)cc(-c2cc3ccccc3c3c2C=CCC=C3)c1. The molecule has 0 unspecified atom stereocenters. The molecule has 1 aromatic heterocycles. The maximum Gasteiger partial charge on any atom is 0.0460 e. The molecule has 0 fully saturated rings. The van der Waals surface area contributed by atoms with E-state index in [1.54, 1.807) is 6.20 Å². The van der Waals surface area contributed by atoms with Gasteiger partial charge in [-0.25, -0.2) is 0 Å². The van der Waals surface area contributed by atoms with Crippen molar-refractivity contribution < 1.29 is 0 Å². The highest BCUT2D eigenvalue weighted by molar-refractivity contribution is 6.03. The lowest BCUT2D eigenvalue weighted by Gasteiger charge is -2.17. The third-order valence-corrected chi connectivity index (χ3v) is 9.17. The first-order chi connectivity index (χ1) is 24.7. The molecule has 50 heavy (non-hydrogen) atoms. The zero-order valence-electron chi connectivity index (χ0n) is 28.6. The highest BCUT2D eigenvalue weighted by atomic mass is 14.7. The molecule has 1 aliphatic rings. The van der Waals surface area contributed by atoms with E-state index in [4.69, 9.17) is 4.99 Å². The van der Waals surface area contributed by atoms with Crippen molar-refractivity contribution in [1.82, 2.24) is 4.98 Å². The molecule has 242 valence electrons. The highest BCUT2D eigenvalue weighted by Crippen LogP contribution is 2.38. The maximum absolute atomic E-state index is 4.83. The van der Waals surface area contributed by atoms with Gasteiger partial charge < -0.3 is 0 Å². The Bertz CT molecular complexity index is 2300. The molecule has 0 amide bonds. The smallest absolute Gasteiger partial charge is 0.0460 e. The predicted octanol–water partition coefficient (Wildman–Crippen LogP) is 12.3. The Balaban J connectivity index is 1.35. The molecular formula is C48H40N2. The van der Waals surface area contributed by atoms with Crippen molar-refractivity contribution >= 4 is 40.3 Å². The number of allylic oxidation sites excluding steroid dienone is 7. The normalized spacial score (nSPS) is 13.3. The maximum atomic E-state index is 4.83. The Labute approximate surface area is 295 Å². The molecule has 1 heterocycles. The molecule has 5 aromatic carbocycles. The minimum Gasteiger partial charge on any atom is -0.292 e. The number of hydrogen-bond acceptors (Lipinski definition) is 2. The molecule has 2 nitrogen and oxygen atoms in total. The van der Waals surface area contributed by atoms with Gasteiger partial charge in [0, 0.05) is 31.6 Å². The number of aliphatic imine (C=N–C) groups is 1. The molecule has 7 rings (SSSR count). The molecule has 1 aliphatic carbocycles. The van der Waals surface area contributed by atoms with Crippen LogP contribution in [-0.4, -0.2) is 17.7 Å². The number of benzene rings is 5. The fourth-order valence-corrected chi connectivity index (χ4v) is 6.71. The first-order valence-electron chi connectivity index (χ1n) is 17.3. The average molecular weight is 645 g/mol. The van der Waals surface area contributed by atoms with Gasteiger partial charge in [-0.15, -0.1) is 0 Å². The van der Waals surface area contributed by atoms with Gasteiger partial charge in [0.25, 0.3) is 0 Å². The van der Waals surface area contributed by atoms with E-state index in [1.807, 2.05) is 19.3 Å². The van der Waals surface area contributed by atoms with Crippen LogP contribution in [0.4, 0.5) is 0 Å². The third-order valence-electron chi connectivity index (χ3n) is 9.17. The summed E-state index contributed by atoms with van der Waals surface area (Å²) in [5.74, 6) is 0. The number of nitrogens with zero attached hydrogens (tertiary/aromatic N) is 2. The molecular weight excluding hydrogens is 605 g/mol. The molecule has 0 N–H and O–H groups in total. The highest BCUT2D eigenvalue weighted by Gasteiger charge is 2.16. The molecule has 0 atom stereocenters. The van der Waals surface area contributed by atoms with E-state index in [2.05, 4.69) is 176 Å². The second-order valence-electron chi connectivity index (χ2n) is 12.5. The summed E-state index contributed by atoms with van der Waals surface area (Å²) in [6.07, 6.45) is 25.1. The van der Waals surface area contributed by atoms with Gasteiger partial charge in [0.1, 0.15) is 0 Å². The third kappa shape index (κ3) is 7.31. The van der Waals surface area contributed by atoms with Crippen LogP contribution < -0.4 is 0 Å². The molecule has 0 saturated heterocycles. The van der Waals surface area contributed by atoms with E-state index in [9.17, 15) is 0 Å². The summed E-state index contributed by atoms with van der Waals surface area (Å²) in [5.41, 5.74) is 14.2. The van der Waals surface area contributed by atoms with Gasteiger partial charge in [-0.05, 0) is 104 Å². The van der Waals surface area contributed by atoms with Crippen molar-refractivity contribution in [2.75, 3.05) is 7.05 Å². The van der Waals surface area contributed by atoms with E-state index in [0.29, 0.717) is 6.42 Å². The van der Waals surface area contributed by atoms with Gasteiger partial charge in [-0.1, -0.05) is 152 Å². The zero-order valence-corrected chi connectivity index (χ0v) is 28.6. The topological polar surface area (TPSA) is 25.2 Å². The number of hydrogen-bond donors (Lipinski definition) is 0. The molecule has 2 heteroatoms. The Kier molecular flexibility index (Phi) is 9.99. The van der Waals surface area contributed by atoms with Gasteiger partial charge >= 0.3 is 0 Å². The van der Waals surface area contributed by atoms with Gasteiger partial charge in [0.05, 0.1) is 0 Å². The lowest BCUT2D eigenvalue weighted by Crippen LogP contribution is -2.06. The first-order valence-corrected chi connectivity index (χ1v) is 17.3. The van der Waals surface area contributed by atoms with Crippen molar-refractivity contribution in [2.45, 2.75) is 19.8 Å². The number of fused-ring (bicyclic) bond motifs is 3. The summed E-state index contributed by atoms with van der Waals surface area (Å²) in [4.78, 5) is 9.10. The van der Waals surface area contributed by atoms with Crippen molar-refractivity contribution in [3.05, 3.63) is 197 Å². The van der Waals surface area contributed by atoms with Crippen LogP contribution in [0, 0.1) is 0 Å². The minimum atomic E-state index is 0.710. The van der Waals surface area contributed by atoms with Crippen LogP contribution >= 0.6 is 0 Å². The number of aromatic nitrogens is 1. The van der Waals surface area contributed by atoms with Crippen LogP contribution in [0.1, 0.15) is 46.7 Å². The molecule has 0 bridgehead atoms. The number of pyridine rings is 1. The van der Waals surface area contributed by atoms with Gasteiger partial charge in [0.15, 0.2) is 0 Å². The summed E-state index contributed by atoms with van der Waals surface area (Å²) in [5, 5.41) is 2.52. The lowest BCUT2D eigenvalue weighted by atomic mass is 9.87. The Morgan fingerprint density at radius 2 is 1.52 bits per heavy atom. The second-order valence-corrected chi connectivity index (χ2v) is 12.5. The monoisotopic (exact) mass is 644 g/mol. The van der Waals surface area contributed by atoms with Crippen LogP contribution in [-0.2, 0) is 6.42 Å². The fraction of sp³-hybridized carbons (Fsp3) is 0.0833. The van der Waals surface area contributed by atoms with Crippen LogP contribution in [0.5, 0.6) is 0 Å². The zero-order chi connectivity index (χ0) is 34.1. The molecule has 0 spiro atoms. The van der Waals surface area contributed by atoms with Gasteiger partial charge in [-0.2, -0.15) is 0 Å². The molecule has 0 saturated carbocycles. The molecule has 0 radical (unpaired) electrons. The van der Waals surface area contributed by atoms with Crippen molar-refractivity contribution in [1.29, 1.82) is 0 Å². The molecule has 6 aromatic rings. The van der Waals surface area contributed by atoms with Crippen molar-refractivity contribution in [3.63, 3.8) is 0 Å². The van der Waals surface area contributed by atoms with Crippen LogP contribution in [0.15, 0.2) is 169 Å². The Morgan fingerprint density at radius 1 is 0.740 bits per heavy atom. The van der Waals surface area contributed by atoms with Gasteiger partial charge in [0.2, 0.25) is 0 Å². The minimum absolute atomic E-state index is 0.710. The standard InChI is InChI=1S/C48H40N2/c1-3-14-37(20-12-15-35-16-13-28-50-34-35)42-29-36(31-48(49-2)40-26-24-39(25-27-40)38-17-6-4-7-18-38)30-43(32-42)47-33-41-19-10-11-21-44(41)45-22-8-5-9-23-46(45)47/h3-4,6-30,32-34H,5,31H2,1-2H3/b14-3-,15-12+,37-20+,49-48?. The fourth-order valence-electron chi connectivity index (χ4n) is 6.71. The Hall–Kier alpha value is -6.12. The van der Waals surface area contributed by atoms with E-state index < -0.39 is 0 Å². The van der Waals surface area contributed by atoms with Crippen LogP contribution in [0.2, 0.25) is 0 Å². The average Bonchev–Trinajstić information content (AvgIpc) is 3.44. The lowest BCUT2D eigenvalue weighted by molar-refractivity contribution is 1.27.